The predicted octanol–water partition coefficient (Wildman–Crippen LogP) is 2.01. The largest absolute Gasteiger partial charge is 0.383 e. The molecule has 0 amide bonds. The zero-order chi connectivity index (χ0) is 18.1. The van der Waals surface area contributed by atoms with Gasteiger partial charge in [0, 0.05) is 0 Å². The van der Waals surface area contributed by atoms with E-state index in [0.717, 1.165) is 11.1 Å². The number of carbonyl (C=O) groups excluding carboxylic acids is 1. The molecule has 1 aromatic carbocycles. The van der Waals surface area contributed by atoms with Crippen LogP contribution in [0.1, 0.15) is 25.3 Å². The number of carbonyl (C=O) groups is 1. The van der Waals surface area contributed by atoms with Crippen molar-refractivity contribution in [3.8, 4) is 0 Å². The van der Waals surface area contributed by atoms with Gasteiger partial charge in [-0.15, -0.1) is 10.2 Å². The molecule has 2 atom stereocenters. The summed E-state index contributed by atoms with van der Waals surface area (Å²) < 4.78 is 0. The number of nitrogens with one attached hydrogen (secondary N) is 2. The van der Waals surface area contributed by atoms with Gasteiger partial charge < -0.3 is 5.73 Å². The van der Waals surface area contributed by atoms with Crippen molar-refractivity contribution in [1.29, 1.82) is 0 Å². The van der Waals surface area contributed by atoms with Gasteiger partial charge in [0.05, 0.1) is 5.92 Å². The molecule has 1 aliphatic carbocycles. The molecular formula is C17H17N5O3. The van der Waals surface area contributed by atoms with E-state index in [1.165, 1.54) is 0 Å². The van der Waals surface area contributed by atoms with E-state index < -0.39 is 11.2 Å². The number of H-pyrrole nitrogens is 2. The molecule has 1 heterocycles. The number of anilines is 1. The molecule has 25 heavy (non-hydrogen) atoms. The van der Waals surface area contributed by atoms with Crippen LogP contribution in [0.2, 0.25) is 0 Å². The average Bonchev–Trinajstić information content (AvgIpc) is 2.78. The van der Waals surface area contributed by atoms with E-state index in [4.69, 9.17) is 5.73 Å². The molecule has 1 aliphatic rings. The standard InChI is InChI=1S/C17H17N5O3/c1-8-9(2)12(14(23)11(8)10-6-4-3-5-7-10)21-22-13-15(18)19-17(25)20-16(13)24/h3-8,11H,1-2H3,(H4,18,19,20,24,25). The Balaban J connectivity index is 1.97. The number of aromatic nitrogens is 2. The zero-order valence-electron chi connectivity index (χ0n) is 13.7. The van der Waals surface area contributed by atoms with Crippen molar-refractivity contribution in [2.45, 2.75) is 19.8 Å². The zero-order valence-corrected chi connectivity index (χ0v) is 13.7. The van der Waals surface area contributed by atoms with E-state index >= 15 is 0 Å². The number of hydrogen-bond acceptors (Lipinski definition) is 6. The number of allylic oxidation sites excluding steroid dienone is 2. The number of ketones is 1. The van der Waals surface area contributed by atoms with Crippen LogP contribution in [-0.4, -0.2) is 15.8 Å². The lowest BCUT2D eigenvalue weighted by Gasteiger charge is -2.15. The summed E-state index contributed by atoms with van der Waals surface area (Å²) in [6, 6.07) is 9.45. The average molecular weight is 339 g/mol. The number of rotatable bonds is 3. The second-order valence-corrected chi connectivity index (χ2v) is 5.94. The molecule has 0 radical (unpaired) electrons. The number of benzene rings is 1. The fourth-order valence-corrected chi connectivity index (χ4v) is 2.96. The van der Waals surface area contributed by atoms with Crippen molar-refractivity contribution in [3.05, 3.63) is 68.0 Å². The molecule has 0 fully saturated rings. The number of azo groups is 1. The maximum atomic E-state index is 12.8. The second-order valence-electron chi connectivity index (χ2n) is 5.94. The van der Waals surface area contributed by atoms with Crippen LogP contribution >= 0.6 is 0 Å². The molecule has 8 heteroatoms. The highest BCUT2D eigenvalue weighted by molar-refractivity contribution is 6.03. The Kier molecular flexibility index (Phi) is 4.18. The van der Waals surface area contributed by atoms with Crippen molar-refractivity contribution >= 4 is 17.3 Å². The van der Waals surface area contributed by atoms with Crippen LogP contribution < -0.4 is 17.0 Å². The normalized spacial score (nSPS) is 20.6. The molecule has 8 nitrogen and oxygen atoms in total. The first kappa shape index (κ1) is 16.6. The Morgan fingerprint density at radius 2 is 1.72 bits per heavy atom. The first-order chi connectivity index (χ1) is 11.9. The van der Waals surface area contributed by atoms with Gasteiger partial charge in [0.25, 0.3) is 5.56 Å². The van der Waals surface area contributed by atoms with E-state index in [-0.39, 0.29) is 34.8 Å². The van der Waals surface area contributed by atoms with Crippen molar-refractivity contribution in [1.82, 2.24) is 9.97 Å². The van der Waals surface area contributed by atoms with Gasteiger partial charge in [-0.05, 0) is 24.0 Å². The molecule has 1 aromatic heterocycles. The van der Waals surface area contributed by atoms with E-state index in [2.05, 4.69) is 15.2 Å². The minimum atomic E-state index is -0.763. The van der Waals surface area contributed by atoms with Crippen molar-refractivity contribution in [2.75, 3.05) is 5.73 Å². The highest BCUT2D eigenvalue weighted by atomic mass is 16.2. The molecule has 3 rings (SSSR count). The first-order valence-electron chi connectivity index (χ1n) is 7.74. The molecule has 0 saturated carbocycles. The van der Waals surface area contributed by atoms with Gasteiger partial charge in [0.2, 0.25) is 0 Å². The van der Waals surface area contributed by atoms with E-state index in [1.807, 2.05) is 49.2 Å². The van der Waals surface area contributed by atoms with Gasteiger partial charge in [-0.25, -0.2) is 4.79 Å². The SMILES string of the molecule is CC1=C(N=Nc2c(N)[nH]c(=O)[nH]c2=O)C(=O)C(c2ccccc2)C1C. The third-order valence-electron chi connectivity index (χ3n) is 4.43. The Morgan fingerprint density at radius 1 is 1.04 bits per heavy atom. The monoisotopic (exact) mass is 339 g/mol. The molecular weight excluding hydrogens is 322 g/mol. The second kappa shape index (κ2) is 6.31. The number of aromatic amines is 2. The minimum absolute atomic E-state index is 0.0324. The fourth-order valence-electron chi connectivity index (χ4n) is 2.96. The van der Waals surface area contributed by atoms with Crippen LogP contribution in [0.3, 0.4) is 0 Å². The van der Waals surface area contributed by atoms with Gasteiger partial charge in [-0.3, -0.25) is 19.6 Å². The molecule has 0 bridgehead atoms. The summed E-state index contributed by atoms with van der Waals surface area (Å²) in [5, 5.41) is 7.77. The summed E-state index contributed by atoms with van der Waals surface area (Å²) >= 11 is 0. The fraction of sp³-hybridized carbons (Fsp3) is 0.235. The molecule has 4 N–H and O–H groups in total. The summed E-state index contributed by atoms with van der Waals surface area (Å²) in [6.45, 7) is 3.77. The summed E-state index contributed by atoms with van der Waals surface area (Å²) in [4.78, 5) is 40.0. The summed E-state index contributed by atoms with van der Waals surface area (Å²) in [5.74, 6) is -0.718. The predicted molar refractivity (Wildman–Crippen MR) is 92.7 cm³/mol. The third kappa shape index (κ3) is 2.93. The highest BCUT2D eigenvalue weighted by Gasteiger charge is 2.38. The lowest BCUT2D eigenvalue weighted by Crippen LogP contribution is -2.23. The van der Waals surface area contributed by atoms with Crippen LogP contribution in [0.5, 0.6) is 0 Å². The molecule has 0 spiro atoms. The van der Waals surface area contributed by atoms with Gasteiger partial charge in [-0.2, -0.15) is 0 Å². The summed E-state index contributed by atoms with van der Waals surface area (Å²) in [7, 11) is 0. The van der Waals surface area contributed by atoms with Gasteiger partial charge in [0.15, 0.2) is 11.5 Å². The van der Waals surface area contributed by atoms with Crippen LogP contribution in [-0.2, 0) is 4.79 Å². The molecule has 0 aliphatic heterocycles. The highest BCUT2D eigenvalue weighted by Crippen LogP contribution is 2.41. The first-order valence-corrected chi connectivity index (χ1v) is 7.74. The number of nitrogens with zero attached hydrogens (tertiary/aromatic N) is 2. The Labute approximate surface area is 142 Å². The number of hydrogen-bond donors (Lipinski definition) is 3. The van der Waals surface area contributed by atoms with E-state index in [1.54, 1.807) is 0 Å². The molecule has 2 aromatic rings. The summed E-state index contributed by atoms with van der Waals surface area (Å²) in [5.41, 5.74) is 5.78. The van der Waals surface area contributed by atoms with Crippen molar-refractivity contribution in [3.63, 3.8) is 0 Å². The maximum Gasteiger partial charge on any atom is 0.327 e. The lowest BCUT2D eigenvalue weighted by molar-refractivity contribution is -0.116. The lowest BCUT2D eigenvalue weighted by atomic mass is 9.87. The van der Waals surface area contributed by atoms with E-state index in [0.29, 0.717) is 0 Å². The smallest absolute Gasteiger partial charge is 0.327 e. The van der Waals surface area contributed by atoms with E-state index in [9.17, 15) is 14.4 Å². The van der Waals surface area contributed by atoms with Crippen molar-refractivity contribution < 1.29 is 4.79 Å². The van der Waals surface area contributed by atoms with Gasteiger partial charge in [-0.1, -0.05) is 37.3 Å². The number of nitrogens with two attached hydrogens (primary N) is 1. The maximum absolute atomic E-state index is 12.8. The summed E-state index contributed by atoms with van der Waals surface area (Å²) in [6.07, 6.45) is 0. The Hall–Kier alpha value is -3.29. The third-order valence-corrected chi connectivity index (χ3v) is 4.43. The molecule has 128 valence electrons. The van der Waals surface area contributed by atoms with Crippen LogP contribution in [0, 0.1) is 5.92 Å². The van der Waals surface area contributed by atoms with Gasteiger partial charge >= 0.3 is 5.69 Å². The quantitative estimate of drug-likeness (QED) is 0.737. The van der Waals surface area contributed by atoms with Crippen LogP contribution in [0.15, 0.2) is 61.4 Å². The number of Topliss-reactive ketones (excluding diaryl/α,β-unsaturated/α-hetero) is 1. The van der Waals surface area contributed by atoms with Crippen LogP contribution in [0.25, 0.3) is 0 Å². The molecule has 2 unspecified atom stereocenters. The molecule has 0 saturated heterocycles. The van der Waals surface area contributed by atoms with Crippen LogP contribution in [0.4, 0.5) is 11.5 Å². The Morgan fingerprint density at radius 3 is 2.36 bits per heavy atom. The van der Waals surface area contributed by atoms with Gasteiger partial charge in [0.1, 0.15) is 11.5 Å². The Bertz CT molecular complexity index is 1000. The number of nitrogen functional groups attached to an aromatic ring is 1. The van der Waals surface area contributed by atoms with Crippen molar-refractivity contribution in [2.24, 2.45) is 16.1 Å². The minimum Gasteiger partial charge on any atom is -0.383 e. The topological polar surface area (TPSA) is 134 Å².